The summed E-state index contributed by atoms with van der Waals surface area (Å²) in [6.45, 7) is 1.08. The molecule has 1 saturated carbocycles. The maximum atomic E-state index is 3.52. The lowest BCUT2D eigenvalue weighted by Gasteiger charge is -2.29. The molecule has 1 unspecified atom stereocenters. The van der Waals surface area contributed by atoms with Crippen molar-refractivity contribution in [3.8, 4) is 0 Å². The third-order valence-corrected chi connectivity index (χ3v) is 4.97. The van der Waals surface area contributed by atoms with Gasteiger partial charge in [0.1, 0.15) is 0 Å². The van der Waals surface area contributed by atoms with Crippen LogP contribution in [0, 0.1) is 0 Å². The average Bonchev–Trinajstić information content (AvgIpc) is 2.45. The molecule has 1 heteroatoms. The zero-order chi connectivity index (χ0) is 13.4. The van der Waals surface area contributed by atoms with Crippen LogP contribution in [-0.4, -0.2) is 6.54 Å². The lowest BCUT2D eigenvalue weighted by Crippen LogP contribution is -2.18. The Morgan fingerprint density at radius 2 is 1.70 bits per heavy atom. The molecular weight excluding hydrogens is 242 g/mol. The van der Waals surface area contributed by atoms with E-state index in [-0.39, 0.29) is 0 Å². The third-order valence-electron chi connectivity index (χ3n) is 4.97. The summed E-state index contributed by atoms with van der Waals surface area (Å²) < 4.78 is 0. The second-order valence-corrected chi connectivity index (χ2v) is 6.15. The highest BCUT2D eigenvalue weighted by molar-refractivity contribution is 5.57. The normalized spacial score (nSPS) is 21.7. The Kier molecular flexibility index (Phi) is 2.99. The van der Waals surface area contributed by atoms with Crippen LogP contribution in [0.15, 0.2) is 48.5 Å². The van der Waals surface area contributed by atoms with Crippen LogP contribution in [0.1, 0.15) is 54.2 Å². The van der Waals surface area contributed by atoms with Gasteiger partial charge in [-0.3, -0.25) is 0 Å². The zero-order valence-corrected chi connectivity index (χ0v) is 11.8. The van der Waals surface area contributed by atoms with Gasteiger partial charge in [0.15, 0.2) is 0 Å². The van der Waals surface area contributed by atoms with E-state index >= 15 is 0 Å². The highest BCUT2D eigenvalue weighted by Crippen LogP contribution is 2.40. The number of hydrogen-bond donors (Lipinski definition) is 1. The van der Waals surface area contributed by atoms with Crippen molar-refractivity contribution in [3.05, 3.63) is 65.2 Å². The highest BCUT2D eigenvalue weighted by atomic mass is 14.9. The Morgan fingerprint density at radius 1 is 0.850 bits per heavy atom. The SMILES string of the molecule is c1cc(C2CCC2)cc(C2CCNc3ccccc32)c1. The maximum Gasteiger partial charge on any atom is 0.0379 e. The summed E-state index contributed by atoms with van der Waals surface area (Å²) in [5, 5.41) is 3.52. The van der Waals surface area contributed by atoms with E-state index in [1.54, 1.807) is 5.56 Å². The number of fused-ring (bicyclic) bond motifs is 1. The highest BCUT2D eigenvalue weighted by Gasteiger charge is 2.23. The first-order valence-corrected chi connectivity index (χ1v) is 7.84. The van der Waals surface area contributed by atoms with Gasteiger partial charge in [-0.2, -0.15) is 0 Å². The van der Waals surface area contributed by atoms with Crippen LogP contribution < -0.4 is 5.32 Å². The summed E-state index contributed by atoms with van der Waals surface area (Å²) in [5.74, 6) is 1.39. The molecule has 20 heavy (non-hydrogen) atoms. The first-order chi connectivity index (χ1) is 9.92. The van der Waals surface area contributed by atoms with Crippen LogP contribution >= 0.6 is 0 Å². The number of para-hydroxylation sites is 1. The molecule has 1 heterocycles. The number of hydrogen-bond acceptors (Lipinski definition) is 1. The van der Waals surface area contributed by atoms with E-state index in [4.69, 9.17) is 0 Å². The van der Waals surface area contributed by atoms with Gasteiger partial charge in [0, 0.05) is 18.2 Å². The maximum absolute atomic E-state index is 3.52. The van der Waals surface area contributed by atoms with Gasteiger partial charge in [-0.05, 0) is 47.9 Å². The van der Waals surface area contributed by atoms with E-state index in [1.807, 2.05) is 0 Å². The van der Waals surface area contributed by atoms with Crippen molar-refractivity contribution < 1.29 is 0 Å². The molecular formula is C19H21N. The summed E-state index contributed by atoms with van der Waals surface area (Å²) in [6, 6.07) is 18.1. The third kappa shape index (κ3) is 2.02. The smallest absolute Gasteiger partial charge is 0.0379 e. The molecule has 0 bridgehead atoms. The van der Waals surface area contributed by atoms with E-state index in [9.17, 15) is 0 Å². The van der Waals surface area contributed by atoms with Gasteiger partial charge in [0.25, 0.3) is 0 Å². The van der Waals surface area contributed by atoms with Gasteiger partial charge in [0.2, 0.25) is 0 Å². The molecule has 1 aliphatic carbocycles. The summed E-state index contributed by atoms with van der Waals surface area (Å²) >= 11 is 0. The molecule has 2 aromatic carbocycles. The van der Waals surface area contributed by atoms with Gasteiger partial charge in [-0.25, -0.2) is 0 Å². The molecule has 2 aromatic rings. The summed E-state index contributed by atoms with van der Waals surface area (Å²) in [4.78, 5) is 0. The quantitative estimate of drug-likeness (QED) is 0.812. The monoisotopic (exact) mass is 263 g/mol. The van der Waals surface area contributed by atoms with E-state index in [1.165, 1.54) is 42.5 Å². The molecule has 102 valence electrons. The van der Waals surface area contributed by atoms with Gasteiger partial charge in [-0.15, -0.1) is 0 Å². The molecule has 0 spiro atoms. The Hall–Kier alpha value is -1.76. The molecule has 2 aliphatic rings. The van der Waals surface area contributed by atoms with Crippen LogP contribution in [-0.2, 0) is 0 Å². The number of rotatable bonds is 2. The van der Waals surface area contributed by atoms with E-state index in [0.717, 1.165) is 12.5 Å². The number of benzene rings is 2. The second-order valence-electron chi connectivity index (χ2n) is 6.15. The van der Waals surface area contributed by atoms with E-state index in [0.29, 0.717) is 5.92 Å². The fraction of sp³-hybridized carbons (Fsp3) is 0.368. The molecule has 0 saturated heterocycles. The Bertz CT molecular complexity index is 613. The topological polar surface area (TPSA) is 12.0 Å². The van der Waals surface area contributed by atoms with Gasteiger partial charge >= 0.3 is 0 Å². The average molecular weight is 263 g/mol. The Labute approximate surface area is 121 Å². The van der Waals surface area contributed by atoms with Gasteiger partial charge in [0.05, 0.1) is 0 Å². The van der Waals surface area contributed by atoms with Crippen LogP contribution in [0.3, 0.4) is 0 Å². The summed E-state index contributed by atoms with van der Waals surface area (Å²) in [7, 11) is 0. The van der Waals surface area contributed by atoms with E-state index in [2.05, 4.69) is 53.8 Å². The minimum Gasteiger partial charge on any atom is -0.385 e. The Morgan fingerprint density at radius 3 is 2.55 bits per heavy atom. The van der Waals surface area contributed by atoms with Crippen LogP contribution in [0.4, 0.5) is 5.69 Å². The molecule has 1 N–H and O–H groups in total. The summed E-state index contributed by atoms with van der Waals surface area (Å²) in [6.07, 6.45) is 5.37. The van der Waals surface area contributed by atoms with Crippen molar-refractivity contribution >= 4 is 5.69 Å². The minimum atomic E-state index is 0.562. The number of nitrogens with one attached hydrogen (secondary N) is 1. The summed E-state index contributed by atoms with van der Waals surface area (Å²) in [5.41, 5.74) is 5.84. The predicted octanol–water partition coefficient (Wildman–Crippen LogP) is 4.90. The standard InChI is InChI=1S/C19H21N/c1-2-10-19-18(9-1)17(11-12-20-19)16-8-4-7-15(13-16)14-5-3-6-14/h1-2,4,7-10,13-14,17,20H,3,5-6,11-12H2. The lowest BCUT2D eigenvalue weighted by molar-refractivity contribution is 0.419. The molecule has 1 atom stereocenters. The first kappa shape index (κ1) is 12.0. The van der Waals surface area contributed by atoms with Crippen LogP contribution in [0.25, 0.3) is 0 Å². The van der Waals surface area contributed by atoms with Crippen molar-refractivity contribution in [2.45, 2.75) is 37.5 Å². The zero-order valence-electron chi connectivity index (χ0n) is 11.8. The lowest BCUT2D eigenvalue weighted by atomic mass is 9.78. The van der Waals surface area contributed by atoms with Crippen molar-refractivity contribution in [3.63, 3.8) is 0 Å². The predicted molar refractivity (Wildman–Crippen MR) is 84.4 cm³/mol. The molecule has 1 fully saturated rings. The second kappa shape index (κ2) is 4.97. The molecule has 0 aromatic heterocycles. The van der Waals surface area contributed by atoms with Crippen LogP contribution in [0.5, 0.6) is 0 Å². The van der Waals surface area contributed by atoms with Crippen molar-refractivity contribution in [2.24, 2.45) is 0 Å². The molecule has 1 nitrogen and oxygen atoms in total. The molecule has 1 aliphatic heterocycles. The van der Waals surface area contributed by atoms with E-state index < -0.39 is 0 Å². The van der Waals surface area contributed by atoms with Gasteiger partial charge in [-0.1, -0.05) is 48.9 Å². The van der Waals surface area contributed by atoms with Crippen molar-refractivity contribution in [1.82, 2.24) is 0 Å². The minimum absolute atomic E-state index is 0.562. The largest absolute Gasteiger partial charge is 0.385 e. The molecule has 4 rings (SSSR count). The molecule has 0 amide bonds. The van der Waals surface area contributed by atoms with Gasteiger partial charge < -0.3 is 5.32 Å². The fourth-order valence-corrected chi connectivity index (χ4v) is 3.59. The van der Waals surface area contributed by atoms with Crippen LogP contribution in [0.2, 0.25) is 0 Å². The van der Waals surface area contributed by atoms with Crippen molar-refractivity contribution in [1.29, 1.82) is 0 Å². The Balaban J connectivity index is 1.71. The number of anilines is 1. The molecule has 0 radical (unpaired) electrons. The fourth-order valence-electron chi connectivity index (χ4n) is 3.59. The van der Waals surface area contributed by atoms with Crippen molar-refractivity contribution in [2.75, 3.05) is 11.9 Å². The first-order valence-electron chi connectivity index (χ1n) is 7.84.